The molecule has 1 rings (SSSR count). The van der Waals surface area contributed by atoms with Crippen LogP contribution in [-0.2, 0) is 0 Å². The SMILES string of the molecule is CCCCN(C)c1ccnc(C(=O)NCCC)c1. The van der Waals surface area contributed by atoms with Crippen LogP contribution in [0.3, 0.4) is 0 Å². The summed E-state index contributed by atoms with van der Waals surface area (Å²) in [6, 6.07) is 3.78. The van der Waals surface area contributed by atoms with Gasteiger partial charge in [-0.2, -0.15) is 0 Å². The van der Waals surface area contributed by atoms with Gasteiger partial charge in [-0.15, -0.1) is 0 Å². The van der Waals surface area contributed by atoms with Gasteiger partial charge in [-0.05, 0) is 25.0 Å². The molecule has 18 heavy (non-hydrogen) atoms. The summed E-state index contributed by atoms with van der Waals surface area (Å²) in [4.78, 5) is 18.1. The first-order valence-corrected chi connectivity index (χ1v) is 6.64. The summed E-state index contributed by atoms with van der Waals surface area (Å²) in [6.07, 6.45) is 4.94. The number of carbonyl (C=O) groups is 1. The van der Waals surface area contributed by atoms with Crippen LogP contribution >= 0.6 is 0 Å². The number of nitrogens with zero attached hydrogens (tertiary/aromatic N) is 2. The molecule has 0 bridgehead atoms. The lowest BCUT2D eigenvalue weighted by Gasteiger charge is -2.19. The average molecular weight is 249 g/mol. The molecule has 0 aliphatic carbocycles. The first-order valence-electron chi connectivity index (χ1n) is 6.64. The third-order valence-electron chi connectivity index (χ3n) is 2.80. The molecule has 0 aromatic carbocycles. The average Bonchev–Trinajstić information content (AvgIpc) is 2.42. The fourth-order valence-electron chi connectivity index (χ4n) is 1.63. The normalized spacial score (nSPS) is 10.2. The Hall–Kier alpha value is -1.58. The van der Waals surface area contributed by atoms with E-state index in [1.165, 1.54) is 6.42 Å². The van der Waals surface area contributed by atoms with Crippen LogP contribution in [0.2, 0.25) is 0 Å². The maximum atomic E-state index is 11.8. The molecular formula is C14H23N3O. The number of anilines is 1. The lowest BCUT2D eigenvalue weighted by molar-refractivity contribution is 0.0948. The molecule has 0 fully saturated rings. The maximum absolute atomic E-state index is 11.8. The summed E-state index contributed by atoms with van der Waals surface area (Å²) in [6.45, 7) is 5.89. The number of rotatable bonds is 7. The van der Waals surface area contributed by atoms with Gasteiger partial charge in [0.1, 0.15) is 5.69 Å². The van der Waals surface area contributed by atoms with E-state index < -0.39 is 0 Å². The Balaban J connectivity index is 2.69. The number of hydrogen-bond acceptors (Lipinski definition) is 3. The van der Waals surface area contributed by atoms with Crippen LogP contribution in [0.5, 0.6) is 0 Å². The van der Waals surface area contributed by atoms with Crippen molar-refractivity contribution < 1.29 is 4.79 Å². The van der Waals surface area contributed by atoms with Crippen LogP contribution in [0, 0.1) is 0 Å². The summed E-state index contributed by atoms with van der Waals surface area (Å²) in [5.74, 6) is -0.0948. The van der Waals surface area contributed by atoms with E-state index >= 15 is 0 Å². The molecular weight excluding hydrogens is 226 g/mol. The molecule has 0 spiro atoms. The molecule has 0 aliphatic heterocycles. The molecule has 1 aromatic heterocycles. The number of nitrogens with one attached hydrogen (secondary N) is 1. The number of amides is 1. The molecule has 4 nitrogen and oxygen atoms in total. The monoisotopic (exact) mass is 249 g/mol. The molecule has 100 valence electrons. The van der Waals surface area contributed by atoms with Crippen LogP contribution in [0.25, 0.3) is 0 Å². The Morgan fingerprint density at radius 1 is 1.39 bits per heavy atom. The van der Waals surface area contributed by atoms with Gasteiger partial charge in [0.2, 0.25) is 0 Å². The molecule has 4 heteroatoms. The van der Waals surface area contributed by atoms with Gasteiger partial charge in [-0.3, -0.25) is 9.78 Å². The molecule has 0 radical (unpaired) electrons. The molecule has 1 amide bonds. The van der Waals surface area contributed by atoms with Crippen LogP contribution in [0.4, 0.5) is 5.69 Å². The smallest absolute Gasteiger partial charge is 0.269 e. The number of unbranched alkanes of at least 4 members (excludes halogenated alkanes) is 1. The van der Waals surface area contributed by atoms with E-state index in [0.29, 0.717) is 12.2 Å². The van der Waals surface area contributed by atoms with Gasteiger partial charge in [0.15, 0.2) is 0 Å². The minimum absolute atomic E-state index is 0.0948. The highest BCUT2D eigenvalue weighted by molar-refractivity contribution is 5.93. The van der Waals surface area contributed by atoms with Crippen molar-refractivity contribution in [3.05, 3.63) is 24.0 Å². The zero-order chi connectivity index (χ0) is 13.4. The molecule has 0 aliphatic rings. The highest BCUT2D eigenvalue weighted by Crippen LogP contribution is 2.13. The van der Waals surface area contributed by atoms with E-state index in [1.807, 2.05) is 26.1 Å². The lowest BCUT2D eigenvalue weighted by atomic mass is 10.2. The van der Waals surface area contributed by atoms with E-state index in [9.17, 15) is 4.79 Å². The Bertz CT molecular complexity index is 379. The predicted molar refractivity (Wildman–Crippen MR) is 75.0 cm³/mol. The van der Waals surface area contributed by atoms with Crippen LogP contribution in [0.1, 0.15) is 43.6 Å². The molecule has 0 unspecified atom stereocenters. The second-order valence-corrected chi connectivity index (χ2v) is 4.43. The van der Waals surface area contributed by atoms with E-state index in [2.05, 4.69) is 22.1 Å². The molecule has 1 aromatic rings. The molecule has 1 heterocycles. The third kappa shape index (κ3) is 4.35. The Labute approximate surface area is 109 Å². The Morgan fingerprint density at radius 2 is 2.17 bits per heavy atom. The van der Waals surface area contributed by atoms with Crippen molar-refractivity contribution in [1.82, 2.24) is 10.3 Å². The minimum atomic E-state index is -0.0948. The summed E-state index contributed by atoms with van der Waals surface area (Å²) >= 11 is 0. The second kappa shape index (κ2) is 7.69. The maximum Gasteiger partial charge on any atom is 0.269 e. The molecule has 0 saturated heterocycles. The van der Waals surface area contributed by atoms with E-state index in [0.717, 1.165) is 25.1 Å². The van der Waals surface area contributed by atoms with E-state index in [4.69, 9.17) is 0 Å². The van der Waals surface area contributed by atoms with Crippen molar-refractivity contribution in [3.63, 3.8) is 0 Å². The topological polar surface area (TPSA) is 45.2 Å². The first-order chi connectivity index (χ1) is 8.69. The number of pyridine rings is 1. The molecule has 0 atom stereocenters. The predicted octanol–water partition coefficient (Wildman–Crippen LogP) is 2.46. The Kier molecular flexibility index (Phi) is 6.19. The third-order valence-corrected chi connectivity index (χ3v) is 2.80. The highest BCUT2D eigenvalue weighted by Gasteiger charge is 2.08. The van der Waals surface area contributed by atoms with Gasteiger partial charge in [0.25, 0.3) is 5.91 Å². The fourth-order valence-corrected chi connectivity index (χ4v) is 1.63. The number of aromatic nitrogens is 1. The number of hydrogen-bond donors (Lipinski definition) is 1. The second-order valence-electron chi connectivity index (χ2n) is 4.43. The largest absolute Gasteiger partial charge is 0.374 e. The summed E-state index contributed by atoms with van der Waals surface area (Å²) in [7, 11) is 2.04. The summed E-state index contributed by atoms with van der Waals surface area (Å²) in [5, 5.41) is 2.84. The van der Waals surface area contributed by atoms with Crippen molar-refractivity contribution in [2.24, 2.45) is 0 Å². The Morgan fingerprint density at radius 3 is 2.83 bits per heavy atom. The zero-order valence-corrected chi connectivity index (χ0v) is 11.6. The van der Waals surface area contributed by atoms with E-state index in [-0.39, 0.29) is 5.91 Å². The van der Waals surface area contributed by atoms with Gasteiger partial charge < -0.3 is 10.2 Å². The summed E-state index contributed by atoms with van der Waals surface area (Å²) < 4.78 is 0. The quantitative estimate of drug-likeness (QED) is 0.807. The van der Waals surface area contributed by atoms with Crippen molar-refractivity contribution in [3.8, 4) is 0 Å². The van der Waals surface area contributed by atoms with Crippen molar-refractivity contribution >= 4 is 11.6 Å². The van der Waals surface area contributed by atoms with Gasteiger partial charge in [0, 0.05) is 32.0 Å². The minimum Gasteiger partial charge on any atom is -0.374 e. The van der Waals surface area contributed by atoms with E-state index in [1.54, 1.807) is 6.20 Å². The van der Waals surface area contributed by atoms with Crippen LogP contribution < -0.4 is 10.2 Å². The standard InChI is InChI=1S/C14H23N3O/c1-4-6-10-17(3)12-7-9-15-13(11-12)14(18)16-8-5-2/h7,9,11H,4-6,8,10H2,1-3H3,(H,16,18). The van der Waals surface area contributed by atoms with Crippen molar-refractivity contribution in [1.29, 1.82) is 0 Å². The van der Waals surface area contributed by atoms with Crippen molar-refractivity contribution in [2.75, 3.05) is 25.0 Å². The van der Waals surface area contributed by atoms with Crippen LogP contribution in [-0.4, -0.2) is 31.0 Å². The van der Waals surface area contributed by atoms with Crippen molar-refractivity contribution in [2.45, 2.75) is 33.1 Å². The lowest BCUT2D eigenvalue weighted by Crippen LogP contribution is -2.25. The van der Waals surface area contributed by atoms with Crippen LogP contribution in [0.15, 0.2) is 18.3 Å². The highest BCUT2D eigenvalue weighted by atomic mass is 16.1. The fraction of sp³-hybridized carbons (Fsp3) is 0.571. The first kappa shape index (κ1) is 14.5. The van der Waals surface area contributed by atoms with Gasteiger partial charge >= 0.3 is 0 Å². The van der Waals surface area contributed by atoms with Gasteiger partial charge in [-0.25, -0.2) is 0 Å². The summed E-state index contributed by atoms with van der Waals surface area (Å²) in [5.41, 5.74) is 1.53. The number of carbonyl (C=O) groups excluding carboxylic acids is 1. The van der Waals surface area contributed by atoms with Gasteiger partial charge in [0.05, 0.1) is 0 Å². The zero-order valence-electron chi connectivity index (χ0n) is 11.6. The molecule has 1 N–H and O–H groups in total. The van der Waals surface area contributed by atoms with Gasteiger partial charge in [-0.1, -0.05) is 20.3 Å². The molecule has 0 saturated carbocycles.